The summed E-state index contributed by atoms with van der Waals surface area (Å²) >= 11 is 0. The summed E-state index contributed by atoms with van der Waals surface area (Å²) in [5.74, 6) is -0.633. The van der Waals surface area contributed by atoms with E-state index in [1.807, 2.05) is 0 Å². The number of hydrogen-bond donors (Lipinski definition) is 1. The van der Waals surface area contributed by atoms with E-state index in [1.165, 1.54) is 26.4 Å². The fourth-order valence-corrected chi connectivity index (χ4v) is 2.58. The van der Waals surface area contributed by atoms with E-state index in [2.05, 4.69) is 5.32 Å². The van der Waals surface area contributed by atoms with E-state index in [4.69, 9.17) is 14.2 Å². The summed E-state index contributed by atoms with van der Waals surface area (Å²) in [5, 5.41) is 2.65. The molecule has 0 aliphatic heterocycles. The van der Waals surface area contributed by atoms with Gasteiger partial charge in [-0.25, -0.2) is 14.0 Å². The third-order valence-electron chi connectivity index (χ3n) is 3.72. The van der Waals surface area contributed by atoms with Crippen molar-refractivity contribution in [1.29, 1.82) is 0 Å². The number of rotatable bonds is 5. The molecule has 0 atom stereocenters. The second-order valence-corrected chi connectivity index (χ2v) is 7.11. The zero-order chi connectivity index (χ0) is 20.9. The van der Waals surface area contributed by atoms with Crippen LogP contribution in [0.4, 0.5) is 9.18 Å². The Hall–Kier alpha value is -3.09. The van der Waals surface area contributed by atoms with Crippen molar-refractivity contribution < 1.29 is 28.2 Å². The van der Waals surface area contributed by atoms with E-state index >= 15 is 0 Å². The molecule has 0 bridgehead atoms. The molecule has 0 heterocycles. The number of methoxy groups -OCH3 is 2. The lowest BCUT2D eigenvalue weighted by molar-refractivity contribution is 0.0523. The van der Waals surface area contributed by atoms with Crippen molar-refractivity contribution in [3.63, 3.8) is 0 Å². The summed E-state index contributed by atoms with van der Waals surface area (Å²) < 4.78 is 28.8. The highest BCUT2D eigenvalue weighted by Gasteiger charge is 2.17. The van der Waals surface area contributed by atoms with Gasteiger partial charge in [0.15, 0.2) is 0 Å². The molecule has 6 nitrogen and oxygen atoms in total. The van der Waals surface area contributed by atoms with Gasteiger partial charge in [0.1, 0.15) is 17.2 Å². The Labute approximate surface area is 163 Å². The van der Waals surface area contributed by atoms with Crippen LogP contribution in [0.5, 0.6) is 5.75 Å². The number of benzene rings is 2. The molecule has 7 heteroatoms. The minimum Gasteiger partial charge on any atom is -0.496 e. The highest BCUT2D eigenvalue weighted by molar-refractivity contribution is 5.91. The minimum atomic E-state index is -0.620. The molecule has 0 aliphatic rings. The zero-order valence-corrected chi connectivity index (χ0v) is 16.6. The predicted molar refractivity (Wildman–Crippen MR) is 103 cm³/mol. The van der Waals surface area contributed by atoms with Crippen LogP contribution in [0.25, 0.3) is 11.1 Å². The van der Waals surface area contributed by atoms with Crippen LogP contribution >= 0.6 is 0 Å². The average Bonchev–Trinajstić information content (AvgIpc) is 2.63. The van der Waals surface area contributed by atoms with Crippen LogP contribution in [0.15, 0.2) is 36.4 Å². The molecule has 0 fully saturated rings. The molecule has 150 valence electrons. The van der Waals surface area contributed by atoms with Gasteiger partial charge in [0.05, 0.1) is 19.8 Å². The van der Waals surface area contributed by atoms with Crippen LogP contribution in [0.3, 0.4) is 0 Å². The summed E-state index contributed by atoms with van der Waals surface area (Å²) in [4.78, 5) is 24.0. The van der Waals surface area contributed by atoms with Gasteiger partial charge in [0.2, 0.25) is 0 Å². The lowest BCUT2D eigenvalue weighted by atomic mass is 9.98. The summed E-state index contributed by atoms with van der Waals surface area (Å²) in [7, 11) is 2.72. The first-order chi connectivity index (χ1) is 13.1. The van der Waals surface area contributed by atoms with E-state index in [0.29, 0.717) is 28.0 Å². The second-order valence-electron chi connectivity index (χ2n) is 7.11. The van der Waals surface area contributed by atoms with Gasteiger partial charge >= 0.3 is 12.1 Å². The third-order valence-corrected chi connectivity index (χ3v) is 3.72. The van der Waals surface area contributed by atoms with Crippen LogP contribution in [-0.2, 0) is 16.0 Å². The van der Waals surface area contributed by atoms with Gasteiger partial charge in [-0.2, -0.15) is 0 Å². The number of nitrogens with one attached hydrogen (secondary N) is 1. The molecule has 0 saturated carbocycles. The molecule has 0 radical (unpaired) electrons. The normalized spacial score (nSPS) is 10.9. The Bertz CT molecular complexity index is 874. The monoisotopic (exact) mass is 389 g/mol. The standard InChI is InChI=1S/C21H24FNO5/c1-21(2,3)28-20(25)23-12-13-8-14(10-15(9-13)19(24)27-5)17-7-6-16(22)11-18(17)26-4/h6-11H,12H2,1-5H3,(H,23,25). The number of ether oxygens (including phenoxy) is 3. The van der Waals surface area contributed by atoms with Crippen LogP contribution < -0.4 is 10.1 Å². The van der Waals surface area contributed by atoms with Crippen LogP contribution in [0, 0.1) is 5.82 Å². The summed E-state index contributed by atoms with van der Waals surface area (Å²) in [6.45, 7) is 5.44. The summed E-state index contributed by atoms with van der Waals surface area (Å²) in [5.41, 5.74) is 1.56. The summed E-state index contributed by atoms with van der Waals surface area (Å²) in [6, 6.07) is 9.15. The Morgan fingerprint density at radius 2 is 1.79 bits per heavy atom. The molecule has 1 N–H and O–H groups in total. The number of amides is 1. The Balaban J connectivity index is 2.38. The molecule has 1 amide bonds. The number of carbonyl (C=O) groups is 2. The Kier molecular flexibility index (Phi) is 6.62. The molecule has 0 unspecified atom stereocenters. The maximum absolute atomic E-state index is 13.5. The van der Waals surface area contributed by atoms with Crippen molar-refractivity contribution in [3.8, 4) is 16.9 Å². The van der Waals surface area contributed by atoms with E-state index in [9.17, 15) is 14.0 Å². The van der Waals surface area contributed by atoms with Gasteiger partial charge in [-0.15, -0.1) is 0 Å². The largest absolute Gasteiger partial charge is 0.496 e. The predicted octanol–water partition coefficient (Wildman–Crippen LogP) is 4.31. The Morgan fingerprint density at radius 3 is 2.39 bits per heavy atom. The van der Waals surface area contributed by atoms with Gasteiger partial charge in [-0.1, -0.05) is 0 Å². The van der Waals surface area contributed by atoms with Gasteiger partial charge < -0.3 is 19.5 Å². The third kappa shape index (κ3) is 5.70. The first kappa shape index (κ1) is 21.2. The minimum absolute atomic E-state index is 0.135. The van der Waals surface area contributed by atoms with Gasteiger partial charge in [0.25, 0.3) is 0 Å². The van der Waals surface area contributed by atoms with E-state index < -0.39 is 23.5 Å². The van der Waals surface area contributed by atoms with Crippen LogP contribution in [0.1, 0.15) is 36.7 Å². The molecule has 0 spiro atoms. The molecule has 2 aromatic rings. The fourth-order valence-electron chi connectivity index (χ4n) is 2.58. The SMILES string of the molecule is COC(=O)c1cc(CNC(=O)OC(C)(C)C)cc(-c2ccc(F)cc2OC)c1. The molecular formula is C21H24FNO5. The number of alkyl carbamates (subject to hydrolysis) is 1. The smallest absolute Gasteiger partial charge is 0.407 e. The van der Waals surface area contributed by atoms with Gasteiger partial charge in [-0.05, 0) is 62.2 Å². The second kappa shape index (κ2) is 8.73. The molecule has 0 aliphatic carbocycles. The number of halogens is 1. The fraction of sp³-hybridized carbons (Fsp3) is 0.333. The number of esters is 1. The lowest BCUT2D eigenvalue weighted by Gasteiger charge is -2.20. The first-order valence-corrected chi connectivity index (χ1v) is 8.66. The first-order valence-electron chi connectivity index (χ1n) is 8.66. The molecule has 0 saturated heterocycles. The van der Waals surface area contributed by atoms with Crippen molar-refractivity contribution in [1.82, 2.24) is 5.32 Å². The molecular weight excluding hydrogens is 365 g/mol. The lowest BCUT2D eigenvalue weighted by Crippen LogP contribution is -2.32. The van der Waals surface area contributed by atoms with E-state index in [-0.39, 0.29) is 6.54 Å². The van der Waals surface area contributed by atoms with Crippen LogP contribution in [0.2, 0.25) is 0 Å². The summed E-state index contributed by atoms with van der Waals surface area (Å²) in [6.07, 6.45) is -0.572. The molecule has 2 aromatic carbocycles. The Morgan fingerprint density at radius 1 is 1.07 bits per heavy atom. The van der Waals surface area contributed by atoms with Gasteiger partial charge in [0, 0.05) is 18.2 Å². The number of hydrogen-bond acceptors (Lipinski definition) is 5. The van der Waals surface area contributed by atoms with Crippen molar-refractivity contribution in [3.05, 3.63) is 53.3 Å². The maximum Gasteiger partial charge on any atom is 0.407 e. The van der Waals surface area contributed by atoms with Crippen molar-refractivity contribution in [2.24, 2.45) is 0 Å². The molecule has 28 heavy (non-hydrogen) atoms. The quantitative estimate of drug-likeness (QED) is 0.772. The average molecular weight is 389 g/mol. The maximum atomic E-state index is 13.5. The number of carbonyl (C=O) groups excluding carboxylic acids is 2. The van der Waals surface area contributed by atoms with Crippen molar-refractivity contribution in [2.75, 3.05) is 14.2 Å². The van der Waals surface area contributed by atoms with Crippen molar-refractivity contribution in [2.45, 2.75) is 32.9 Å². The van der Waals surface area contributed by atoms with E-state index in [1.54, 1.807) is 45.0 Å². The topological polar surface area (TPSA) is 73.9 Å². The molecule has 2 rings (SSSR count). The van der Waals surface area contributed by atoms with Crippen LogP contribution in [-0.4, -0.2) is 31.9 Å². The highest BCUT2D eigenvalue weighted by atomic mass is 19.1. The molecule has 0 aromatic heterocycles. The zero-order valence-electron chi connectivity index (χ0n) is 16.6. The van der Waals surface area contributed by atoms with E-state index in [0.717, 1.165) is 0 Å². The highest BCUT2D eigenvalue weighted by Crippen LogP contribution is 2.32. The van der Waals surface area contributed by atoms with Gasteiger partial charge in [-0.3, -0.25) is 0 Å². The van der Waals surface area contributed by atoms with Crippen molar-refractivity contribution >= 4 is 12.1 Å².